The highest BCUT2D eigenvalue weighted by Gasteiger charge is 2.38. The topological polar surface area (TPSA) is 79.6 Å². The van der Waals surface area contributed by atoms with Crippen LogP contribution in [0.5, 0.6) is 0 Å². The second-order valence-electron chi connectivity index (χ2n) is 5.84. The molecular formula is C17H10ClF9N2O3S. The Kier molecular flexibility index (Phi) is 9.30. The van der Waals surface area contributed by atoms with E-state index in [-0.39, 0.29) is 11.1 Å². The summed E-state index contributed by atoms with van der Waals surface area (Å²) in [5.41, 5.74) is -5.40. The molecule has 0 unspecified atom stereocenters. The van der Waals surface area contributed by atoms with E-state index in [4.69, 9.17) is 24.8 Å². The smallest absolute Gasteiger partial charge is 0.391 e. The van der Waals surface area contributed by atoms with Gasteiger partial charge in [-0.25, -0.2) is 0 Å². The van der Waals surface area contributed by atoms with Gasteiger partial charge in [-0.05, 0) is 30.3 Å². The average molecular weight is 529 g/mol. The quantitative estimate of drug-likeness (QED) is 0.277. The summed E-state index contributed by atoms with van der Waals surface area (Å²) in [6, 6.07) is 3.48. The highest BCUT2D eigenvalue weighted by atomic mass is 35.5. The number of alkyl halides is 9. The summed E-state index contributed by atoms with van der Waals surface area (Å²) < 4.78 is 138. The Balaban J connectivity index is 0.00000125. The SMILES string of the molecule is FC(F)(F)c1ccc(CO/N=C/c2cc(Cl)ccc2C(F)(F)F)c(C(F)(F)F)c1.N=S(=O)=O. The Hall–Kier alpha value is -2.81. The summed E-state index contributed by atoms with van der Waals surface area (Å²) in [7, 11) is -2.61. The largest absolute Gasteiger partial charge is 0.417 e. The van der Waals surface area contributed by atoms with Crippen LogP contribution in [0.2, 0.25) is 5.02 Å². The molecule has 0 fully saturated rings. The zero-order valence-electron chi connectivity index (χ0n) is 15.6. The summed E-state index contributed by atoms with van der Waals surface area (Å²) >= 11 is 5.61. The molecule has 2 rings (SSSR count). The van der Waals surface area contributed by atoms with E-state index in [9.17, 15) is 39.5 Å². The van der Waals surface area contributed by atoms with Gasteiger partial charge in [-0.2, -0.15) is 52.7 Å². The molecule has 0 aliphatic carbocycles. The van der Waals surface area contributed by atoms with Gasteiger partial charge in [0, 0.05) is 16.1 Å². The Labute approximate surface area is 185 Å². The molecule has 0 bridgehead atoms. The van der Waals surface area contributed by atoms with Gasteiger partial charge < -0.3 is 4.84 Å². The van der Waals surface area contributed by atoms with Gasteiger partial charge in [0.1, 0.15) is 6.61 Å². The highest BCUT2D eigenvalue weighted by molar-refractivity contribution is 7.60. The fraction of sp³-hybridized carbons (Fsp3) is 0.235. The summed E-state index contributed by atoms with van der Waals surface area (Å²) in [5.74, 6) is 0. The summed E-state index contributed by atoms with van der Waals surface area (Å²) in [5, 5.41) is 3.12. The normalized spacial score (nSPS) is 12.3. The highest BCUT2D eigenvalue weighted by Crippen LogP contribution is 2.37. The molecule has 33 heavy (non-hydrogen) atoms. The van der Waals surface area contributed by atoms with Crippen molar-refractivity contribution in [3.8, 4) is 0 Å². The molecule has 0 radical (unpaired) electrons. The Morgan fingerprint density at radius 2 is 1.42 bits per heavy atom. The van der Waals surface area contributed by atoms with Gasteiger partial charge in [0.2, 0.25) is 0 Å². The van der Waals surface area contributed by atoms with E-state index < -0.39 is 63.5 Å². The Bertz CT molecular complexity index is 1110. The van der Waals surface area contributed by atoms with Crippen molar-refractivity contribution in [2.24, 2.45) is 5.16 Å². The first-order valence-electron chi connectivity index (χ1n) is 8.03. The minimum Gasteiger partial charge on any atom is -0.391 e. The van der Waals surface area contributed by atoms with Crippen LogP contribution >= 0.6 is 11.6 Å². The van der Waals surface area contributed by atoms with Crippen molar-refractivity contribution in [1.82, 2.24) is 0 Å². The van der Waals surface area contributed by atoms with Gasteiger partial charge >= 0.3 is 29.0 Å². The molecule has 0 heterocycles. The van der Waals surface area contributed by atoms with Crippen LogP contribution in [0.25, 0.3) is 0 Å². The van der Waals surface area contributed by atoms with Gasteiger partial charge in [0.25, 0.3) is 0 Å². The second kappa shape index (κ2) is 10.9. The van der Waals surface area contributed by atoms with Crippen LogP contribution in [0, 0.1) is 4.78 Å². The molecular weight excluding hydrogens is 519 g/mol. The Morgan fingerprint density at radius 1 is 0.879 bits per heavy atom. The third kappa shape index (κ3) is 9.29. The van der Waals surface area contributed by atoms with Crippen molar-refractivity contribution in [1.29, 1.82) is 4.78 Å². The zero-order valence-corrected chi connectivity index (χ0v) is 17.2. The summed E-state index contributed by atoms with van der Waals surface area (Å²) in [6.45, 7) is -0.925. The van der Waals surface area contributed by atoms with Crippen LogP contribution in [0.15, 0.2) is 41.6 Å². The molecule has 2 aromatic carbocycles. The van der Waals surface area contributed by atoms with E-state index in [1.54, 1.807) is 0 Å². The lowest BCUT2D eigenvalue weighted by Gasteiger charge is -2.15. The molecule has 0 aromatic heterocycles. The minimum absolute atomic E-state index is 0.0541. The minimum atomic E-state index is -5.11. The predicted molar refractivity (Wildman–Crippen MR) is 96.9 cm³/mol. The van der Waals surface area contributed by atoms with Crippen molar-refractivity contribution in [3.05, 3.63) is 69.2 Å². The van der Waals surface area contributed by atoms with Crippen molar-refractivity contribution >= 4 is 28.3 Å². The number of rotatable bonds is 4. The maximum atomic E-state index is 13.0. The summed E-state index contributed by atoms with van der Waals surface area (Å²) in [4.78, 5) is 4.57. The van der Waals surface area contributed by atoms with Crippen molar-refractivity contribution in [3.63, 3.8) is 0 Å². The third-order valence-corrected chi connectivity index (χ3v) is 3.78. The number of halogens is 10. The van der Waals surface area contributed by atoms with Crippen LogP contribution in [-0.2, 0) is 40.5 Å². The first kappa shape index (κ1) is 28.2. The monoisotopic (exact) mass is 528 g/mol. The fourth-order valence-corrected chi connectivity index (χ4v) is 2.42. The van der Waals surface area contributed by atoms with Gasteiger partial charge in [-0.3, -0.25) is 0 Å². The molecule has 0 amide bonds. The lowest BCUT2D eigenvalue weighted by Crippen LogP contribution is -2.13. The Morgan fingerprint density at radius 3 is 1.91 bits per heavy atom. The molecule has 0 aliphatic rings. The molecule has 5 nitrogen and oxygen atoms in total. The first-order valence-corrected chi connectivity index (χ1v) is 9.48. The number of oxime groups is 1. The summed E-state index contributed by atoms with van der Waals surface area (Å²) in [6.07, 6.45) is -14.3. The molecule has 0 saturated heterocycles. The van der Waals surface area contributed by atoms with Gasteiger partial charge in [0.15, 0.2) is 0 Å². The van der Waals surface area contributed by atoms with E-state index in [0.29, 0.717) is 24.4 Å². The van der Waals surface area contributed by atoms with Crippen LogP contribution in [0.1, 0.15) is 27.8 Å². The number of nitrogens with zero attached hydrogens (tertiary/aromatic N) is 1. The van der Waals surface area contributed by atoms with Crippen LogP contribution in [0.4, 0.5) is 39.5 Å². The molecule has 1 N–H and O–H groups in total. The number of nitrogens with one attached hydrogen (secondary N) is 1. The third-order valence-electron chi connectivity index (χ3n) is 3.55. The second-order valence-corrected chi connectivity index (χ2v) is 6.75. The molecule has 182 valence electrons. The molecule has 2 aromatic rings. The molecule has 0 saturated carbocycles. The standard InChI is InChI=1S/C17H9ClF9NO.HNO2S/c18-12-3-4-13(16(22,23)24)10(5-12)7-28-29-8-9-1-2-11(15(19,20)21)6-14(9)17(25,26)27;1-4(2)3/h1-7H,8H2;1H/b28-7+;. The van der Waals surface area contributed by atoms with Gasteiger partial charge in [-0.1, -0.05) is 22.8 Å². The van der Waals surface area contributed by atoms with Crippen LogP contribution in [-0.4, -0.2) is 14.6 Å². The van der Waals surface area contributed by atoms with E-state index in [0.717, 1.165) is 12.1 Å². The average Bonchev–Trinajstić information content (AvgIpc) is 2.62. The first-order chi connectivity index (χ1) is 14.9. The molecule has 0 spiro atoms. The number of benzene rings is 2. The molecule has 16 heteroatoms. The number of hydrogen-bond donors (Lipinski definition) is 1. The molecule has 0 atom stereocenters. The fourth-order valence-electron chi connectivity index (χ4n) is 2.24. The van der Waals surface area contributed by atoms with E-state index in [1.165, 1.54) is 0 Å². The van der Waals surface area contributed by atoms with Crippen molar-refractivity contribution in [2.75, 3.05) is 0 Å². The van der Waals surface area contributed by atoms with Crippen LogP contribution in [0.3, 0.4) is 0 Å². The van der Waals surface area contributed by atoms with Gasteiger partial charge in [-0.15, -0.1) is 0 Å². The van der Waals surface area contributed by atoms with Crippen molar-refractivity contribution < 1.29 is 52.8 Å². The maximum absolute atomic E-state index is 13.0. The van der Waals surface area contributed by atoms with E-state index >= 15 is 0 Å². The van der Waals surface area contributed by atoms with Gasteiger partial charge in [0.05, 0.1) is 22.9 Å². The number of hydrogen-bond acceptors (Lipinski definition) is 5. The predicted octanol–water partition coefficient (Wildman–Crippen LogP) is 6.57. The maximum Gasteiger partial charge on any atom is 0.417 e. The van der Waals surface area contributed by atoms with Crippen LogP contribution < -0.4 is 0 Å². The lowest BCUT2D eigenvalue weighted by molar-refractivity contribution is -0.144. The zero-order chi connectivity index (χ0) is 25.6. The van der Waals surface area contributed by atoms with E-state index in [1.807, 2.05) is 0 Å². The lowest BCUT2D eigenvalue weighted by atomic mass is 10.0. The molecule has 0 aliphatic heterocycles. The van der Waals surface area contributed by atoms with E-state index in [2.05, 4.69) is 9.99 Å². The van der Waals surface area contributed by atoms with Crippen molar-refractivity contribution in [2.45, 2.75) is 25.1 Å².